The molecule has 9 nitrogen and oxygen atoms in total. The van der Waals surface area contributed by atoms with Crippen LogP contribution in [0.3, 0.4) is 0 Å². The van der Waals surface area contributed by atoms with Gasteiger partial charge in [-0.1, -0.05) is 31.5 Å². The highest BCUT2D eigenvalue weighted by Gasteiger charge is 2.27. The zero-order valence-corrected chi connectivity index (χ0v) is 23.8. The van der Waals surface area contributed by atoms with Gasteiger partial charge in [0, 0.05) is 62.5 Å². The summed E-state index contributed by atoms with van der Waals surface area (Å²) in [7, 11) is 1.86. The van der Waals surface area contributed by atoms with Gasteiger partial charge in [-0.2, -0.15) is 5.10 Å². The summed E-state index contributed by atoms with van der Waals surface area (Å²) in [4.78, 5) is 32.6. The average Bonchev–Trinajstić information content (AvgIpc) is 3.15. The molecule has 1 fully saturated rings. The highest BCUT2D eigenvalue weighted by molar-refractivity contribution is 6.31. The van der Waals surface area contributed by atoms with Crippen LogP contribution in [-0.4, -0.2) is 64.2 Å². The van der Waals surface area contributed by atoms with Crippen LogP contribution >= 0.6 is 11.6 Å². The number of halogens is 1. The fraction of sp³-hybridized carbons (Fsp3) is 0.414. The summed E-state index contributed by atoms with van der Waals surface area (Å²) in [5.74, 6) is 1.34. The fourth-order valence-corrected chi connectivity index (χ4v) is 5.46. The average molecular weight is 550 g/mol. The number of piperazine rings is 1. The molecule has 2 aromatic carbocycles. The van der Waals surface area contributed by atoms with Gasteiger partial charge in [0.25, 0.3) is 5.91 Å². The molecule has 1 aromatic heterocycles. The first-order valence-corrected chi connectivity index (χ1v) is 13.8. The van der Waals surface area contributed by atoms with Crippen molar-refractivity contribution in [3.63, 3.8) is 0 Å². The van der Waals surface area contributed by atoms with E-state index in [2.05, 4.69) is 34.5 Å². The number of fused-ring (bicyclic) bond motifs is 2. The Morgan fingerprint density at radius 1 is 1.10 bits per heavy atom. The third-order valence-electron chi connectivity index (χ3n) is 7.39. The number of urea groups is 1. The number of hydrogen-bond donors (Lipinski definition) is 2. The summed E-state index contributed by atoms with van der Waals surface area (Å²) in [6.07, 6.45) is 1.78. The molecular formula is C29H36ClN7O2. The largest absolute Gasteiger partial charge is 0.338 e. The van der Waals surface area contributed by atoms with Gasteiger partial charge in [-0.05, 0) is 54.3 Å². The first-order valence-electron chi connectivity index (χ1n) is 13.4. The molecule has 2 N–H and O–H groups in total. The van der Waals surface area contributed by atoms with Gasteiger partial charge in [0.1, 0.15) is 5.82 Å². The molecule has 0 atom stereocenters. The molecule has 0 spiro atoms. The molecule has 0 aliphatic carbocycles. The van der Waals surface area contributed by atoms with Crippen LogP contribution in [0.2, 0.25) is 5.02 Å². The van der Waals surface area contributed by atoms with E-state index in [0.717, 1.165) is 66.6 Å². The maximum atomic E-state index is 13.8. The summed E-state index contributed by atoms with van der Waals surface area (Å²) >= 11 is 6.28. The minimum Gasteiger partial charge on any atom is -0.338 e. The number of hydrogen-bond acceptors (Lipinski definition) is 5. The smallest absolute Gasteiger partial charge is 0.317 e. The number of carbonyl (C=O) groups is 2. The Hall–Kier alpha value is -3.56. The van der Waals surface area contributed by atoms with Crippen molar-refractivity contribution in [1.82, 2.24) is 24.9 Å². The molecule has 2 aliphatic heterocycles. The number of rotatable bonds is 5. The number of nitrogens with zero attached hydrogens (tertiary/aromatic N) is 5. The molecule has 206 valence electrons. The number of aryl methyl sites for hydroxylation is 2. The molecule has 0 unspecified atom stereocenters. The van der Waals surface area contributed by atoms with Crippen LogP contribution in [0, 0.1) is 12.8 Å². The van der Waals surface area contributed by atoms with Gasteiger partial charge in [-0.15, -0.1) is 0 Å². The van der Waals surface area contributed by atoms with Crippen molar-refractivity contribution < 1.29 is 9.59 Å². The topological polar surface area (TPSA) is 85.7 Å². The predicted octanol–water partition coefficient (Wildman–Crippen LogP) is 4.77. The Morgan fingerprint density at radius 3 is 2.59 bits per heavy atom. The molecule has 3 aromatic rings. The molecule has 3 amide bonds. The van der Waals surface area contributed by atoms with Crippen LogP contribution in [0.4, 0.5) is 22.0 Å². The van der Waals surface area contributed by atoms with E-state index in [9.17, 15) is 9.59 Å². The van der Waals surface area contributed by atoms with Crippen LogP contribution in [0.1, 0.15) is 40.9 Å². The predicted molar refractivity (Wildman–Crippen MR) is 155 cm³/mol. The van der Waals surface area contributed by atoms with E-state index in [0.29, 0.717) is 29.6 Å². The van der Waals surface area contributed by atoms with Crippen molar-refractivity contribution in [2.45, 2.75) is 33.9 Å². The third kappa shape index (κ3) is 5.89. The lowest BCUT2D eigenvalue weighted by molar-refractivity contribution is 0.0985. The van der Waals surface area contributed by atoms with Crippen molar-refractivity contribution in [2.75, 3.05) is 42.9 Å². The normalized spacial score (nSPS) is 15.4. The molecule has 0 saturated carbocycles. The maximum Gasteiger partial charge on any atom is 0.317 e. The first kappa shape index (κ1) is 27.0. The Bertz CT molecular complexity index is 1380. The Kier molecular flexibility index (Phi) is 7.81. The summed E-state index contributed by atoms with van der Waals surface area (Å²) in [6, 6.07) is 11.1. The minimum atomic E-state index is -0.116. The zero-order valence-electron chi connectivity index (χ0n) is 23.0. The van der Waals surface area contributed by atoms with Crippen LogP contribution in [0.5, 0.6) is 0 Å². The second kappa shape index (κ2) is 11.3. The molecule has 0 radical (unpaired) electrons. The van der Waals surface area contributed by atoms with Crippen LogP contribution in [0.15, 0.2) is 42.6 Å². The molecule has 10 heteroatoms. The Labute approximate surface area is 234 Å². The van der Waals surface area contributed by atoms with E-state index in [-0.39, 0.29) is 11.9 Å². The molecule has 1 saturated heterocycles. The summed E-state index contributed by atoms with van der Waals surface area (Å²) in [5.41, 5.74) is 4.94. The number of amides is 3. The summed E-state index contributed by atoms with van der Waals surface area (Å²) in [5, 5.41) is 11.4. The maximum absolute atomic E-state index is 13.8. The van der Waals surface area contributed by atoms with E-state index in [1.54, 1.807) is 21.8 Å². The summed E-state index contributed by atoms with van der Waals surface area (Å²) < 4.78 is 1.76. The van der Waals surface area contributed by atoms with Crippen LogP contribution < -0.4 is 15.5 Å². The molecular weight excluding hydrogens is 514 g/mol. The highest BCUT2D eigenvalue weighted by atomic mass is 35.5. The van der Waals surface area contributed by atoms with Gasteiger partial charge in [0.15, 0.2) is 0 Å². The number of aromatic nitrogens is 2. The second-order valence-electron chi connectivity index (χ2n) is 10.8. The van der Waals surface area contributed by atoms with E-state index in [1.807, 2.05) is 49.2 Å². The zero-order chi connectivity index (χ0) is 27.7. The van der Waals surface area contributed by atoms with Crippen LogP contribution in [-0.2, 0) is 20.1 Å². The molecule has 2 aliphatic rings. The minimum absolute atomic E-state index is 0.0432. The quantitative estimate of drug-likeness (QED) is 0.479. The number of nitrogens with one attached hydrogen (secondary N) is 2. The van der Waals surface area contributed by atoms with Gasteiger partial charge >= 0.3 is 6.03 Å². The van der Waals surface area contributed by atoms with Gasteiger partial charge in [0.05, 0.1) is 24.1 Å². The Morgan fingerprint density at radius 2 is 1.87 bits per heavy atom. The highest BCUT2D eigenvalue weighted by Crippen LogP contribution is 2.38. The van der Waals surface area contributed by atoms with Gasteiger partial charge in [-0.3, -0.25) is 14.4 Å². The fourth-order valence-electron chi connectivity index (χ4n) is 5.28. The van der Waals surface area contributed by atoms with Gasteiger partial charge < -0.3 is 20.4 Å². The number of carbonyl (C=O) groups excluding carboxylic acids is 2. The first-order chi connectivity index (χ1) is 18.7. The van der Waals surface area contributed by atoms with E-state index in [4.69, 9.17) is 11.6 Å². The number of benzene rings is 2. The second-order valence-corrected chi connectivity index (χ2v) is 11.2. The number of anilines is 3. The van der Waals surface area contributed by atoms with Gasteiger partial charge in [0.2, 0.25) is 0 Å². The Balaban J connectivity index is 1.27. The summed E-state index contributed by atoms with van der Waals surface area (Å²) in [6.45, 7) is 11.6. The lowest BCUT2D eigenvalue weighted by atomic mass is 10.0. The molecule has 39 heavy (non-hydrogen) atoms. The lowest BCUT2D eigenvalue weighted by Gasteiger charge is -2.35. The molecule has 3 heterocycles. The van der Waals surface area contributed by atoms with E-state index in [1.165, 1.54) is 0 Å². The molecule has 5 rings (SSSR count). The standard InChI is InChI=1S/C29H36ClN7O2/c1-19(2)17-35-9-11-36(12-10-35)29(39)31-15-22-6-5-21(13-20(22)3)28(38)37-18-23-16-32-34(4)27(23)33-25-14-24(30)7-8-26(25)37/h5-8,13-14,16,19,33H,9-12,15,17-18H2,1-4H3,(H,31,39). The van der Waals surface area contributed by atoms with E-state index < -0.39 is 0 Å². The molecule has 0 bridgehead atoms. The van der Waals surface area contributed by atoms with Crippen molar-refractivity contribution in [3.8, 4) is 0 Å². The van der Waals surface area contributed by atoms with E-state index >= 15 is 0 Å². The monoisotopic (exact) mass is 549 g/mol. The van der Waals surface area contributed by atoms with Gasteiger partial charge in [-0.25, -0.2) is 4.79 Å². The van der Waals surface area contributed by atoms with Crippen molar-refractivity contribution in [3.05, 3.63) is 69.9 Å². The third-order valence-corrected chi connectivity index (χ3v) is 7.63. The van der Waals surface area contributed by atoms with Crippen LogP contribution in [0.25, 0.3) is 0 Å². The van der Waals surface area contributed by atoms with Crippen molar-refractivity contribution in [2.24, 2.45) is 13.0 Å². The van der Waals surface area contributed by atoms with Crippen molar-refractivity contribution in [1.29, 1.82) is 0 Å². The lowest BCUT2D eigenvalue weighted by Crippen LogP contribution is -2.52. The SMILES string of the molecule is Cc1cc(C(=O)N2Cc3cnn(C)c3Nc3cc(Cl)ccc32)ccc1CNC(=O)N1CCN(CC(C)C)CC1. The van der Waals surface area contributed by atoms with Crippen molar-refractivity contribution >= 4 is 40.7 Å².